The Bertz CT molecular complexity index is 1240. The van der Waals surface area contributed by atoms with E-state index in [0.717, 1.165) is 28.7 Å². The lowest BCUT2D eigenvalue weighted by Crippen LogP contribution is -2.02. The molecule has 1 aliphatic carbocycles. The van der Waals surface area contributed by atoms with Crippen molar-refractivity contribution in [3.8, 4) is 28.8 Å². The number of ether oxygens (including phenoxy) is 4. The van der Waals surface area contributed by atoms with E-state index < -0.39 is 0 Å². The van der Waals surface area contributed by atoms with E-state index in [-0.39, 0.29) is 6.61 Å². The highest BCUT2D eigenvalue weighted by Crippen LogP contribution is 2.40. The zero-order valence-corrected chi connectivity index (χ0v) is 18.9. The fourth-order valence-corrected chi connectivity index (χ4v) is 5.22. The molecule has 0 saturated carbocycles. The molecule has 0 atom stereocenters. The van der Waals surface area contributed by atoms with E-state index in [1.807, 2.05) is 18.3 Å². The summed E-state index contributed by atoms with van der Waals surface area (Å²) in [4.78, 5) is 11.3. The highest BCUT2D eigenvalue weighted by molar-refractivity contribution is 7.18. The number of hydrogen-bond acceptors (Lipinski definition) is 9. The molecule has 0 N–H and O–H groups in total. The summed E-state index contributed by atoms with van der Waals surface area (Å²) in [6, 6.07) is 3.62. The molecule has 0 aliphatic heterocycles. The summed E-state index contributed by atoms with van der Waals surface area (Å²) < 4.78 is 24.0. The highest BCUT2D eigenvalue weighted by Gasteiger charge is 2.21. The minimum atomic E-state index is 0.251. The van der Waals surface area contributed by atoms with E-state index in [1.165, 1.54) is 23.3 Å². The topological polar surface area (TPSA) is 93.4 Å². The SMILES string of the molecule is COc1cc(-n2cc(COc3ncnc4sc5c(c34)CCCC5)nn2)cc(OC)c1OC. The second kappa shape index (κ2) is 8.62. The van der Waals surface area contributed by atoms with Crippen LogP contribution in [-0.4, -0.2) is 46.3 Å². The molecule has 0 saturated heterocycles. The van der Waals surface area contributed by atoms with Crippen molar-refractivity contribution in [1.82, 2.24) is 25.0 Å². The number of rotatable bonds is 7. The second-order valence-electron chi connectivity index (χ2n) is 7.40. The lowest BCUT2D eigenvalue weighted by molar-refractivity contribution is 0.292. The van der Waals surface area contributed by atoms with Crippen LogP contribution in [0.3, 0.4) is 0 Å². The van der Waals surface area contributed by atoms with Gasteiger partial charge in [0.25, 0.3) is 0 Å². The molecule has 10 heteroatoms. The van der Waals surface area contributed by atoms with Gasteiger partial charge in [0, 0.05) is 17.0 Å². The molecular weight excluding hydrogens is 430 g/mol. The average Bonchev–Trinajstić information content (AvgIpc) is 3.46. The molecule has 166 valence electrons. The number of methoxy groups -OCH3 is 3. The number of aromatic nitrogens is 5. The van der Waals surface area contributed by atoms with Crippen molar-refractivity contribution < 1.29 is 18.9 Å². The zero-order valence-electron chi connectivity index (χ0n) is 18.1. The van der Waals surface area contributed by atoms with Crippen LogP contribution >= 0.6 is 11.3 Å². The van der Waals surface area contributed by atoms with E-state index in [2.05, 4.69) is 20.3 Å². The minimum Gasteiger partial charge on any atom is -0.493 e. The van der Waals surface area contributed by atoms with Crippen molar-refractivity contribution in [2.24, 2.45) is 0 Å². The lowest BCUT2D eigenvalue weighted by atomic mass is 9.97. The van der Waals surface area contributed by atoms with Crippen LogP contribution in [0.1, 0.15) is 29.0 Å². The van der Waals surface area contributed by atoms with E-state index >= 15 is 0 Å². The standard InChI is InChI=1S/C22H23N5O4S/c1-28-16-8-14(9-17(29-2)20(16)30-3)27-10-13(25-26-27)11-31-21-19-15-6-4-5-7-18(15)32-22(19)24-12-23-21/h8-10,12H,4-7,11H2,1-3H3. The number of aryl methyl sites for hydroxylation is 2. The van der Waals surface area contributed by atoms with Crippen molar-refractivity contribution >= 4 is 21.6 Å². The summed E-state index contributed by atoms with van der Waals surface area (Å²) >= 11 is 1.75. The van der Waals surface area contributed by atoms with Crippen LogP contribution in [0.25, 0.3) is 15.9 Å². The van der Waals surface area contributed by atoms with Gasteiger partial charge in [-0.2, -0.15) is 0 Å². The lowest BCUT2D eigenvalue weighted by Gasteiger charge is -2.13. The first kappa shape index (κ1) is 20.5. The third kappa shape index (κ3) is 3.60. The normalized spacial score (nSPS) is 13.1. The number of hydrogen-bond donors (Lipinski definition) is 0. The van der Waals surface area contributed by atoms with Crippen LogP contribution in [0.5, 0.6) is 23.1 Å². The Morgan fingerprint density at radius 3 is 2.53 bits per heavy atom. The number of thiophene rings is 1. The molecule has 0 bridgehead atoms. The summed E-state index contributed by atoms with van der Waals surface area (Å²) in [6.45, 7) is 0.251. The van der Waals surface area contributed by atoms with Crippen molar-refractivity contribution in [3.05, 3.63) is 40.8 Å². The molecule has 9 nitrogen and oxygen atoms in total. The molecule has 1 aromatic carbocycles. The summed E-state index contributed by atoms with van der Waals surface area (Å²) in [5, 5.41) is 9.53. The van der Waals surface area contributed by atoms with Crippen LogP contribution in [0.4, 0.5) is 0 Å². The Morgan fingerprint density at radius 1 is 1.00 bits per heavy atom. The molecule has 0 spiro atoms. The Hall–Kier alpha value is -3.40. The molecule has 3 heterocycles. The molecule has 1 aliphatic rings. The van der Waals surface area contributed by atoms with Crippen LogP contribution in [0.15, 0.2) is 24.7 Å². The quantitative estimate of drug-likeness (QED) is 0.418. The Balaban J connectivity index is 1.40. The Labute approximate surface area is 188 Å². The summed E-state index contributed by atoms with van der Waals surface area (Å²) in [5.74, 6) is 2.22. The smallest absolute Gasteiger partial charge is 0.226 e. The van der Waals surface area contributed by atoms with Crippen molar-refractivity contribution in [2.75, 3.05) is 21.3 Å². The van der Waals surface area contributed by atoms with Crippen LogP contribution in [-0.2, 0) is 19.4 Å². The van der Waals surface area contributed by atoms with Gasteiger partial charge in [-0.25, -0.2) is 14.6 Å². The monoisotopic (exact) mass is 453 g/mol. The Morgan fingerprint density at radius 2 is 1.78 bits per heavy atom. The van der Waals surface area contributed by atoms with Gasteiger partial charge in [0.15, 0.2) is 11.5 Å². The van der Waals surface area contributed by atoms with Gasteiger partial charge < -0.3 is 18.9 Å². The van der Waals surface area contributed by atoms with E-state index in [4.69, 9.17) is 18.9 Å². The molecule has 3 aromatic heterocycles. The van der Waals surface area contributed by atoms with Crippen LogP contribution in [0, 0.1) is 0 Å². The first-order valence-electron chi connectivity index (χ1n) is 10.3. The number of nitrogens with zero attached hydrogens (tertiary/aromatic N) is 5. The third-order valence-corrected chi connectivity index (χ3v) is 6.73. The first-order valence-corrected chi connectivity index (χ1v) is 11.1. The molecule has 4 aromatic rings. The molecule has 0 fully saturated rings. The van der Waals surface area contributed by atoms with Gasteiger partial charge in [-0.1, -0.05) is 5.21 Å². The highest BCUT2D eigenvalue weighted by atomic mass is 32.1. The molecular formula is C22H23N5O4S. The van der Waals surface area contributed by atoms with Gasteiger partial charge >= 0.3 is 0 Å². The number of benzene rings is 1. The van der Waals surface area contributed by atoms with Crippen molar-refractivity contribution in [2.45, 2.75) is 32.3 Å². The predicted octanol–water partition coefficient (Wildman–Crippen LogP) is 3.76. The first-order chi connectivity index (χ1) is 15.7. The van der Waals surface area contributed by atoms with Gasteiger partial charge in [0.2, 0.25) is 11.6 Å². The predicted molar refractivity (Wildman–Crippen MR) is 119 cm³/mol. The largest absolute Gasteiger partial charge is 0.493 e. The van der Waals surface area contributed by atoms with Gasteiger partial charge in [-0.15, -0.1) is 16.4 Å². The fourth-order valence-electron chi connectivity index (χ4n) is 4.00. The van der Waals surface area contributed by atoms with Crippen LogP contribution in [0.2, 0.25) is 0 Å². The van der Waals surface area contributed by atoms with Crippen molar-refractivity contribution in [1.29, 1.82) is 0 Å². The zero-order chi connectivity index (χ0) is 22.1. The maximum atomic E-state index is 6.08. The van der Waals surface area contributed by atoms with E-state index in [9.17, 15) is 0 Å². The summed E-state index contributed by atoms with van der Waals surface area (Å²) in [7, 11) is 4.72. The minimum absolute atomic E-state index is 0.251. The van der Waals surface area contributed by atoms with Crippen LogP contribution < -0.4 is 18.9 Å². The maximum Gasteiger partial charge on any atom is 0.226 e. The van der Waals surface area contributed by atoms with Crippen molar-refractivity contribution in [3.63, 3.8) is 0 Å². The number of fused-ring (bicyclic) bond motifs is 3. The van der Waals surface area contributed by atoms with Gasteiger partial charge in [0.05, 0.1) is 38.6 Å². The molecule has 0 unspecified atom stereocenters. The Kier molecular flexibility index (Phi) is 5.52. The molecule has 0 amide bonds. The van der Waals surface area contributed by atoms with Gasteiger partial charge in [-0.3, -0.25) is 0 Å². The fraction of sp³-hybridized carbons (Fsp3) is 0.364. The molecule has 32 heavy (non-hydrogen) atoms. The molecule has 5 rings (SSSR count). The van der Waals surface area contributed by atoms with E-state index in [1.54, 1.807) is 43.7 Å². The van der Waals surface area contributed by atoms with E-state index in [0.29, 0.717) is 28.8 Å². The van der Waals surface area contributed by atoms with Gasteiger partial charge in [-0.05, 0) is 31.2 Å². The van der Waals surface area contributed by atoms with Gasteiger partial charge in [0.1, 0.15) is 23.5 Å². The maximum absolute atomic E-state index is 6.08. The molecule has 0 radical (unpaired) electrons. The average molecular weight is 454 g/mol. The summed E-state index contributed by atoms with van der Waals surface area (Å²) in [6.07, 6.45) is 7.95. The summed E-state index contributed by atoms with van der Waals surface area (Å²) in [5.41, 5.74) is 2.75. The second-order valence-corrected chi connectivity index (χ2v) is 8.48. The third-order valence-electron chi connectivity index (χ3n) is 5.53.